The Morgan fingerprint density at radius 2 is 0.750 bits per heavy atom. The molecule has 0 unspecified atom stereocenters. The lowest BCUT2D eigenvalue weighted by molar-refractivity contribution is 0.416. The number of ether oxygens (including phenoxy) is 2. The van der Waals surface area contributed by atoms with Gasteiger partial charge in [-0.15, -0.1) is 45.3 Å². The standard InChI is InChI=1S/C39H25N3O4.C38H21N3O2S2.C38H21N3OS3/c1-43-37-22-25(39-41-31-10-4-7-13-35(31)46-39)16-21-32(37)42(27-19-20-29-28-8-2-5-11-33(28)44-36(29)23-27)26-17-14-24(15-18-26)38-40-30-9-3-6-12-34(30)45-38;1-4-13-31-25(10-1)26-20-36-30(21-33(26)42-31)41(24-9-7-8-23(18-24)38-40-28-12-3-6-15-34(28)45-38)29-17-16-22(19-35(29)44-36)37-39-27-11-2-5-14-32(27)43-37;1-4-16-32-24(11-1)26-20-31-30(21-35(26)43-32)41(23-10-7-9-22(19-23)37-39-27-13-2-5-17-33(27)44-37)29-15-8-12-25(36(29)42-31)38-40-28-14-3-6-18-34(28)45-38/h2-23H,1H3;2*1-21H. The Morgan fingerprint density at radius 1 is 0.272 bits per heavy atom. The van der Waals surface area contributed by atoms with E-state index in [1.165, 1.54) is 29.6 Å². The van der Waals surface area contributed by atoms with Crippen LogP contribution in [0, 0.1) is 0 Å². The van der Waals surface area contributed by atoms with Crippen molar-refractivity contribution in [3.8, 4) is 83.3 Å². The lowest BCUT2D eigenvalue weighted by Gasteiger charge is -2.34. The first-order valence-corrected chi connectivity index (χ1v) is 48.3. The predicted molar refractivity (Wildman–Crippen MR) is 556 cm³/mol. The number of hydrogen-bond donors (Lipinski definition) is 0. The van der Waals surface area contributed by atoms with E-state index >= 15 is 0 Å². The highest BCUT2D eigenvalue weighted by molar-refractivity contribution is 7.99. The molecule has 0 saturated heterocycles. The summed E-state index contributed by atoms with van der Waals surface area (Å²) < 4.78 is 49.9. The quantitative estimate of drug-likeness (QED) is 0.113. The van der Waals surface area contributed by atoms with Crippen LogP contribution in [0.3, 0.4) is 0 Å². The number of hydrogen-bond acceptors (Lipinski definition) is 21. The van der Waals surface area contributed by atoms with Crippen LogP contribution in [-0.2, 0) is 0 Å². The molecule has 9 aromatic heterocycles. The Bertz CT molecular complexity index is 9290. The Kier molecular flexibility index (Phi) is 18.8. The maximum atomic E-state index is 6.91. The third kappa shape index (κ3) is 13.8. The molecular weight excluding hydrogens is 1780 g/mol. The Morgan fingerprint density at radius 3 is 1.35 bits per heavy atom. The van der Waals surface area contributed by atoms with E-state index in [-0.39, 0.29) is 0 Å². The molecule has 0 N–H and O–H groups in total. The molecule has 0 saturated carbocycles. The fourth-order valence-corrected chi connectivity index (χ4v) is 23.6. The van der Waals surface area contributed by atoms with Crippen molar-refractivity contribution in [2.45, 2.75) is 9.79 Å². The van der Waals surface area contributed by atoms with Crippen LogP contribution in [0.1, 0.15) is 0 Å². The minimum absolute atomic E-state index is 0.531. The fraction of sp³-hybridized carbons (Fsp3) is 0.00870. The second-order valence-electron chi connectivity index (χ2n) is 33.1. The van der Waals surface area contributed by atoms with Crippen molar-refractivity contribution in [3.05, 3.63) is 388 Å². The van der Waals surface area contributed by atoms with E-state index < -0.39 is 0 Å². The summed E-state index contributed by atoms with van der Waals surface area (Å²) in [6, 6.07) is 133. The summed E-state index contributed by atoms with van der Waals surface area (Å²) in [7, 11) is 1.67. The van der Waals surface area contributed by atoms with Gasteiger partial charge in [-0.3, -0.25) is 0 Å². The molecule has 27 aromatic rings. The van der Waals surface area contributed by atoms with Crippen LogP contribution in [0.15, 0.2) is 420 Å². The lowest BCUT2D eigenvalue weighted by atomic mass is 10.0. The summed E-state index contributed by atoms with van der Waals surface area (Å²) in [5.74, 6) is 4.02. The van der Waals surface area contributed by atoms with Gasteiger partial charge in [-0.2, -0.15) is 0 Å². The van der Waals surface area contributed by atoms with Gasteiger partial charge in [0.25, 0.3) is 0 Å². The molecule has 136 heavy (non-hydrogen) atoms. The van der Waals surface area contributed by atoms with Crippen LogP contribution in [0.2, 0.25) is 0 Å². The number of furan rings is 2. The number of benzene rings is 18. The molecule has 21 heteroatoms. The number of rotatable bonds is 12. The smallest absolute Gasteiger partial charge is 0.227 e. The maximum Gasteiger partial charge on any atom is 0.227 e. The van der Waals surface area contributed by atoms with Gasteiger partial charge in [-0.05, 0) is 218 Å². The number of nitrogens with zero attached hydrogens (tertiary/aromatic N) is 9. The summed E-state index contributed by atoms with van der Waals surface area (Å²) in [6.45, 7) is 0. The number of thiophene rings is 1. The van der Waals surface area contributed by atoms with Gasteiger partial charge >= 0.3 is 0 Å². The van der Waals surface area contributed by atoms with Crippen molar-refractivity contribution in [2.24, 2.45) is 0 Å². The van der Waals surface area contributed by atoms with Gasteiger partial charge in [0.15, 0.2) is 28.2 Å². The first kappa shape index (κ1) is 79.0. The van der Waals surface area contributed by atoms with Gasteiger partial charge in [0.05, 0.1) is 77.4 Å². The maximum absolute atomic E-state index is 6.91. The molecule has 644 valence electrons. The predicted octanol–water partition coefficient (Wildman–Crippen LogP) is 34.5. The van der Waals surface area contributed by atoms with Gasteiger partial charge in [0.2, 0.25) is 17.7 Å². The van der Waals surface area contributed by atoms with Crippen LogP contribution < -0.4 is 24.2 Å². The highest BCUT2D eigenvalue weighted by Crippen LogP contribution is 2.59. The van der Waals surface area contributed by atoms with E-state index in [0.717, 1.165) is 219 Å². The van der Waals surface area contributed by atoms with Crippen LogP contribution in [0.25, 0.3) is 194 Å². The van der Waals surface area contributed by atoms with Crippen LogP contribution >= 0.6 is 57.1 Å². The van der Waals surface area contributed by atoms with Gasteiger partial charge < -0.3 is 46.3 Å². The Hall–Kier alpha value is -16.8. The number of thiazole rings is 3. The Balaban J connectivity index is 0.000000103. The average molecular weight is 1850 g/mol. The van der Waals surface area contributed by atoms with E-state index in [1.807, 2.05) is 163 Å². The Labute approximate surface area is 794 Å². The summed E-state index contributed by atoms with van der Waals surface area (Å²) in [4.78, 5) is 38.2. The van der Waals surface area contributed by atoms with E-state index in [0.29, 0.717) is 23.4 Å². The normalized spacial score (nSPS) is 12.3. The molecule has 0 amide bonds. The fourth-order valence-electron chi connectivity index (χ4n) is 18.5. The molecule has 0 aliphatic carbocycles. The van der Waals surface area contributed by atoms with Crippen molar-refractivity contribution in [1.29, 1.82) is 0 Å². The highest BCUT2D eigenvalue weighted by atomic mass is 32.2. The van der Waals surface area contributed by atoms with E-state index in [9.17, 15) is 0 Å². The molecule has 0 fully saturated rings. The van der Waals surface area contributed by atoms with Crippen molar-refractivity contribution in [1.82, 2.24) is 29.9 Å². The SMILES string of the molecule is COc1cc(-c2nc3ccccc3o2)ccc1N(c1ccc(-c2nc3ccccc3o2)cc1)c1ccc2c(c1)oc1ccccc12.c1cc(-c2nc3ccccc3s2)cc(N2c3cc4sc5ccccc5c4cc3Oc3c(-c4nc5ccccc5s4)cccc32)c1.c1cc(-c2nc3ccccc3s2)cc(N2c3ccc(-c4nc5ccccc5o4)cc3Sc3cc4c(cc32)oc2ccccc24)c1. The molecule has 11 heterocycles. The van der Waals surface area contributed by atoms with Crippen molar-refractivity contribution in [2.75, 3.05) is 21.8 Å². The zero-order valence-electron chi connectivity index (χ0n) is 71.9. The number of methoxy groups -OCH3 is 1. The van der Waals surface area contributed by atoms with Gasteiger partial charge in [0, 0.05) is 109 Å². The number of para-hydroxylation sites is 12. The second-order valence-corrected chi connectivity index (χ2v) is 38.4. The van der Waals surface area contributed by atoms with E-state index in [2.05, 4.69) is 256 Å². The van der Waals surface area contributed by atoms with E-state index in [1.54, 1.807) is 52.9 Å². The molecule has 0 radical (unpaired) electrons. The lowest BCUT2D eigenvalue weighted by Crippen LogP contribution is -2.16. The summed E-state index contributed by atoms with van der Waals surface area (Å²) >= 11 is 8.72. The van der Waals surface area contributed by atoms with Crippen molar-refractivity contribution >= 4 is 236 Å². The van der Waals surface area contributed by atoms with Crippen molar-refractivity contribution in [3.63, 3.8) is 0 Å². The summed E-state index contributed by atoms with van der Waals surface area (Å²) in [6.07, 6.45) is 0. The molecule has 18 aromatic carbocycles. The number of anilines is 9. The summed E-state index contributed by atoms with van der Waals surface area (Å²) in [5.41, 5.74) is 26.0. The first-order chi connectivity index (χ1) is 67.2. The zero-order chi connectivity index (χ0) is 89.6. The van der Waals surface area contributed by atoms with Crippen molar-refractivity contribution < 1.29 is 31.6 Å². The van der Waals surface area contributed by atoms with Crippen LogP contribution in [0.4, 0.5) is 51.2 Å². The molecule has 0 spiro atoms. The monoisotopic (exact) mass is 1850 g/mol. The zero-order valence-corrected chi connectivity index (χ0v) is 76.0. The minimum Gasteiger partial charge on any atom is -0.495 e. The topological polar surface area (TPSA) is 171 Å². The third-order valence-corrected chi connectivity index (χ3v) is 30.3. The van der Waals surface area contributed by atoms with E-state index in [4.69, 9.17) is 56.5 Å². The molecule has 2 aliphatic heterocycles. The first-order valence-electron chi connectivity index (χ1n) is 44.2. The highest BCUT2D eigenvalue weighted by Gasteiger charge is 2.34. The molecule has 0 bridgehead atoms. The molecule has 0 atom stereocenters. The number of aromatic nitrogens is 6. The van der Waals surface area contributed by atoms with Gasteiger partial charge in [-0.1, -0.05) is 169 Å². The second kappa shape index (κ2) is 32.3. The van der Waals surface area contributed by atoms with Gasteiger partial charge in [-0.25, -0.2) is 29.9 Å². The minimum atomic E-state index is 0.531. The number of oxazole rings is 3. The largest absolute Gasteiger partial charge is 0.495 e. The molecular formula is C115H67N9O7S5. The van der Waals surface area contributed by atoms with Crippen LogP contribution in [0.5, 0.6) is 17.2 Å². The van der Waals surface area contributed by atoms with Crippen LogP contribution in [-0.4, -0.2) is 37.0 Å². The number of fused-ring (bicyclic) bond motifs is 19. The summed E-state index contributed by atoms with van der Waals surface area (Å²) in [5, 5.41) is 9.78. The molecule has 29 rings (SSSR count). The molecule has 2 aliphatic rings. The third-order valence-electron chi connectivity index (χ3n) is 24.9. The average Bonchev–Trinajstić information content (AvgIpc) is 1.40. The molecule has 16 nitrogen and oxygen atoms in total. The van der Waals surface area contributed by atoms with Gasteiger partial charge in [0.1, 0.15) is 59.7 Å².